The molecule has 0 aliphatic carbocycles. The van der Waals surface area contributed by atoms with E-state index in [1.165, 1.54) is 46.9 Å². The quantitative estimate of drug-likeness (QED) is 0.133. The molecule has 1 aliphatic rings. The minimum absolute atomic E-state index is 0. The molecule has 0 N–H and O–H groups in total. The van der Waals surface area contributed by atoms with Crippen LogP contribution in [0.2, 0.25) is 0 Å². The molecule has 2 aromatic carbocycles. The SMILES string of the molecule is CCc1ccc(C[C@H]2OC(=O)[C@H](CC(C)C)N(C)C(=O)[C@@H](C)OC(=O)[C@H](CC(C)C)N(C)C(=O)[C@@H](Cc3ccccc3)OC(=O)[C@H](CC(C)C)N(C)C(=O)[C@@H](C)OC(=O)[C@H](CC(C)C)N(C)C2=O)cc1.[B]. The van der Waals surface area contributed by atoms with Gasteiger partial charge in [-0.2, -0.15) is 0 Å². The Labute approximate surface area is 424 Å². The molecule has 2 aromatic rings. The van der Waals surface area contributed by atoms with Crippen LogP contribution in [0.1, 0.15) is 119 Å². The third-order valence-corrected chi connectivity index (χ3v) is 12.6. The predicted molar refractivity (Wildman–Crippen MR) is 270 cm³/mol. The number of benzene rings is 2. The second kappa shape index (κ2) is 28.3. The lowest BCUT2D eigenvalue weighted by Crippen LogP contribution is -2.55. The summed E-state index contributed by atoms with van der Waals surface area (Å²) >= 11 is 0. The number of esters is 4. The monoisotopic (exact) mass is 988 g/mol. The molecule has 3 rings (SSSR count). The fourth-order valence-corrected chi connectivity index (χ4v) is 8.43. The molecule has 0 saturated carbocycles. The zero-order chi connectivity index (χ0) is 52.7. The first-order valence-electron chi connectivity index (χ1n) is 24.8. The van der Waals surface area contributed by atoms with Crippen molar-refractivity contribution in [3.63, 3.8) is 0 Å². The maximum absolute atomic E-state index is 14.8. The summed E-state index contributed by atoms with van der Waals surface area (Å²) in [7, 11) is 5.59. The van der Waals surface area contributed by atoms with Crippen molar-refractivity contribution in [3.05, 3.63) is 71.3 Å². The molecule has 391 valence electrons. The summed E-state index contributed by atoms with van der Waals surface area (Å²) in [4.78, 5) is 120. The highest BCUT2D eigenvalue weighted by Crippen LogP contribution is 2.24. The summed E-state index contributed by atoms with van der Waals surface area (Å²) in [6.07, 6.45) is -4.79. The van der Waals surface area contributed by atoms with Gasteiger partial charge in [-0.3, -0.25) is 19.2 Å². The summed E-state index contributed by atoms with van der Waals surface area (Å²) < 4.78 is 23.9. The van der Waals surface area contributed by atoms with E-state index in [2.05, 4.69) is 0 Å². The Morgan fingerprint density at radius 2 is 0.676 bits per heavy atom. The first-order valence-corrected chi connectivity index (χ1v) is 24.8. The van der Waals surface area contributed by atoms with Gasteiger partial charge < -0.3 is 38.5 Å². The molecule has 1 fully saturated rings. The van der Waals surface area contributed by atoms with Crippen LogP contribution >= 0.6 is 0 Å². The van der Waals surface area contributed by atoms with Crippen molar-refractivity contribution < 1.29 is 57.3 Å². The predicted octanol–water partition coefficient (Wildman–Crippen LogP) is 5.85. The molecule has 3 radical (unpaired) electrons. The van der Waals surface area contributed by atoms with Crippen LogP contribution < -0.4 is 0 Å². The van der Waals surface area contributed by atoms with Gasteiger partial charge in [0.2, 0.25) is 0 Å². The molecule has 0 spiro atoms. The Kier molecular flexibility index (Phi) is 24.5. The summed E-state index contributed by atoms with van der Waals surface area (Å²) in [6, 6.07) is 11.4. The largest absolute Gasteiger partial charge is 0.451 e. The number of nitrogens with zero attached hydrogens (tertiary/aromatic N) is 4. The highest BCUT2D eigenvalue weighted by atomic mass is 16.6. The van der Waals surface area contributed by atoms with Gasteiger partial charge in [-0.15, -0.1) is 0 Å². The van der Waals surface area contributed by atoms with Crippen molar-refractivity contribution in [2.75, 3.05) is 28.2 Å². The van der Waals surface area contributed by atoms with Gasteiger partial charge in [-0.1, -0.05) is 117 Å². The second-order valence-corrected chi connectivity index (χ2v) is 20.5. The highest BCUT2D eigenvalue weighted by Gasteiger charge is 2.43. The Balaban J connectivity index is 0.0000173. The van der Waals surface area contributed by atoms with E-state index < -0.39 is 96.1 Å². The third kappa shape index (κ3) is 17.8. The van der Waals surface area contributed by atoms with Gasteiger partial charge in [0.05, 0.1) is 0 Å². The summed E-state index contributed by atoms with van der Waals surface area (Å²) in [6.45, 7) is 19.6. The Bertz CT molecular complexity index is 2080. The summed E-state index contributed by atoms with van der Waals surface area (Å²) in [5.74, 6) is -7.12. The minimum atomic E-state index is -1.48. The number of hydrogen-bond donors (Lipinski definition) is 0. The number of likely N-dealkylation sites (N-methyl/N-ethyl adjacent to an activating group) is 4. The van der Waals surface area contributed by atoms with E-state index >= 15 is 0 Å². The van der Waals surface area contributed by atoms with Crippen molar-refractivity contribution in [3.8, 4) is 0 Å². The standard InChI is InChI=1S/C54H80N4O12.B/c1-16-38-22-24-40(25-23-38)31-46-50(62)58(15)42(27-33(4)5)52(64)68-36(10)47(59)55(12)43(28-34(6)7)53(65)69-45(30-39-20-18-17-19-21-39)49(61)57(14)41(26-32(2)3)51(63)67-37(11)48(60)56(13)44(29-35(8)9)54(66)70-46;/h17-25,32-37,41-46H,16,26-31H2,1-15H3;/t36-,37-,41+,42+,43+,44+,45-,46-;/m1./s1. The first kappa shape index (κ1) is 61.4. The van der Waals surface area contributed by atoms with Gasteiger partial charge in [0.15, 0.2) is 24.4 Å². The van der Waals surface area contributed by atoms with Crippen LogP contribution in [0, 0.1) is 23.7 Å². The van der Waals surface area contributed by atoms with Crippen molar-refractivity contribution >= 4 is 55.9 Å². The molecule has 1 saturated heterocycles. The number of carbonyl (C=O) groups is 8. The molecule has 71 heavy (non-hydrogen) atoms. The second-order valence-electron chi connectivity index (χ2n) is 20.5. The van der Waals surface area contributed by atoms with Crippen LogP contribution in [0.15, 0.2) is 54.6 Å². The van der Waals surface area contributed by atoms with Crippen molar-refractivity contribution in [2.24, 2.45) is 23.7 Å². The maximum atomic E-state index is 14.8. The van der Waals surface area contributed by atoms with Gasteiger partial charge in [0.25, 0.3) is 23.6 Å². The van der Waals surface area contributed by atoms with Gasteiger partial charge >= 0.3 is 23.9 Å². The highest BCUT2D eigenvalue weighted by molar-refractivity contribution is 5.94. The van der Waals surface area contributed by atoms with Gasteiger partial charge in [0.1, 0.15) is 24.2 Å². The smallest absolute Gasteiger partial charge is 0.329 e. The topological polar surface area (TPSA) is 186 Å². The zero-order valence-electron chi connectivity index (χ0n) is 44.8. The Hall–Kier alpha value is -5.74. The minimum Gasteiger partial charge on any atom is -0.451 e. The number of hydrogen-bond acceptors (Lipinski definition) is 12. The molecule has 8 atom stereocenters. The Morgan fingerprint density at radius 3 is 0.972 bits per heavy atom. The van der Waals surface area contributed by atoms with Crippen LogP contribution in [0.3, 0.4) is 0 Å². The van der Waals surface area contributed by atoms with Crippen LogP contribution in [-0.2, 0) is 76.6 Å². The normalized spacial score (nSPS) is 24.5. The van der Waals surface area contributed by atoms with E-state index in [0.29, 0.717) is 11.1 Å². The lowest BCUT2D eigenvalue weighted by Gasteiger charge is -2.35. The first-order chi connectivity index (χ1) is 32.8. The van der Waals surface area contributed by atoms with Crippen molar-refractivity contribution in [1.29, 1.82) is 0 Å². The molecule has 1 heterocycles. The van der Waals surface area contributed by atoms with E-state index in [0.717, 1.165) is 26.7 Å². The average molecular weight is 988 g/mol. The van der Waals surface area contributed by atoms with E-state index in [9.17, 15) is 38.4 Å². The molecule has 0 bridgehead atoms. The van der Waals surface area contributed by atoms with Crippen LogP contribution in [-0.4, -0.2) is 152 Å². The summed E-state index contributed by atoms with van der Waals surface area (Å²) in [5.41, 5.74) is 2.37. The van der Waals surface area contributed by atoms with Crippen LogP contribution in [0.25, 0.3) is 0 Å². The molecular formula is C54H80BN4O12. The lowest BCUT2D eigenvalue weighted by molar-refractivity contribution is -0.176. The number of carbonyl (C=O) groups excluding carboxylic acids is 8. The number of cyclic esters (lactones) is 4. The third-order valence-electron chi connectivity index (χ3n) is 12.6. The van der Waals surface area contributed by atoms with Crippen molar-refractivity contribution in [1.82, 2.24) is 19.6 Å². The lowest BCUT2D eigenvalue weighted by atomic mass is 9.99. The van der Waals surface area contributed by atoms with E-state index in [1.54, 1.807) is 30.3 Å². The van der Waals surface area contributed by atoms with Gasteiger partial charge in [-0.25, -0.2) is 19.2 Å². The Morgan fingerprint density at radius 1 is 0.408 bits per heavy atom. The number of rotatable bonds is 13. The molecule has 4 amide bonds. The summed E-state index contributed by atoms with van der Waals surface area (Å²) in [5, 5.41) is 0. The fourth-order valence-electron chi connectivity index (χ4n) is 8.43. The van der Waals surface area contributed by atoms with Crippen LogP contribution in [0.4, 0.5) is 0 Å². The number of amides is 4. The molecular weight excluding hydrogens is 907 g/mol. The van der Waals surface area contributed by atoms with E-state index in [1.807, 2.05) is 86.6 Å². The van der Waals surface area contributed by atoms with Gasteiger partial charge in [-0.05, 0) is 86.3 Å². The average Bonchev–Trinajstić information content (AvgIpc) is 3.30. The molecule has 16 nitrogen and oxygen atoms in total. The maximum Gasteiger partial charge on any atom is 0.329 e. The van der Waals surface area contributed by atoms with E-state index in [4.69, 9.17) is 18.9 Å². The number of ether oxygens (including phenoxy) is 4. The molecule has 1 aliphatic heterocycles. The van der Waals surface area contributed by atoms with E-state index in [-0.39, 0.29) is 70.6 Å². The fraction of sp³-hybridized carbons (Fsp3) is 0.630. The number of aryl methyl sites for hydroxylation is 1. The van der Waals surface area contributed by atoms with Crippen molar-refractivity contribution in [2.45, 2.75) is 170 Å². The zero-order valence-corrected chi connectivity index (χ0v) is 44.8. The molecule has 0 unspecified atom stereocenters. The molecule has 17 heteroatoms. The molecule has 0 aromatic heterocycles. The van der Waals surface area contributed by atoms with Crippen LogP contribution in [0.5, 0.6) is 0 Å². The van der Waals surface area contributed by atoms with Gasteiger partial charge in [0, 0.05) is 49.4 Å².